The molecule has 0 aliphatic carbocycles. The van der Waals surface area contributed by atoms with Crippen LogP contribution in [0.4, 0.5) is 0 Å². The lowest BCUT2D eigenvalue weighted by Crippen LogP contribution is -2.05. The molecule has 0 aliphatic heterocycles. The van der Waals surface area contributed by atoms with Crippen LogP contribution in [0.15, 0.2) is 64.9 Å². The van der Waals surface area contributed by atoms with Gasteiger partial charge in [0.1, 0.15) is 5.75 Å². The number of hydrogen-bond acceptors (Lipinski definition) is 5. The molecule has 0 spiro atoms. The van der Waals surface area contributed by atoms with Crippen LogP contribution in [0.25, 0.3) is 0 Å². The quantitative estimate of drug-likeness (QED) is 0.463. The molecular formula is C20H22N4OS. The van der Waals surface area contributed by atoms with Crippen molar-refractivity contribution in [1.82, 2.24) is 14.9 Å². The molecule has 6 heteroatoms. The SMILES string of the molecule is CSc1nnc(Cc2ccccc2)n1/N=C\c1cccc(OC(C)C)c1. The molecule has 0 bridgehead atoms. The average molecular weight is 366 g/mol. The van der Waals surface area contributed by atoms with E-state index in [9.17, 15) is 0 Å². The predicted molar refractivity (Wildman–Crippen MR) is 106 cm³/mol. The molecule has 3 aromatic rings. The van der Waals surface area contributed by atoms with Crippen LogP contribution in [-0.4, -0.2) is 33.4 Å². The van der Waals surface area contributed by atoms with Gasteiger partial charge < -0.3 is 4.74 Å². The third-order valence-corrected chi connectivity index (χ3v) is 4.24. The molecule has 0 amide bonds. The summed E-state index contributed by atoms with van der Waals surface area (Å²) >= 11 is 1.52. The minimum Gasteiger partial charge on any atom is -0.491 e. The number of rotatable bonds is 7. The van der Waals surface area contributed by atoms with Crippen LogP contribution in [-0.2, 0) is 6.42 Å². The Bertz CT molecular complexity index is 875. The van der Waals surface area contributed by atoms with Crippen LogP contribution in [0, 0.1) is 0 Å². The average Bonchev–Trinajstić information content (AvgIpc) is 3.02. The van der Waals surface area contributed by atoms with Gasteiger partial charge in [-0.3, -0.25) is 0 Å². The van der Waals surface area contributed by atoms with E-state index in [1.54, 1.807) is 4.68 Å². The zero-order valence-electron chi connectivity index (χ0n) is 15.2. The van der Waals surface area contributed by atoms with Crippen LogP contribution < -0.4 is 4.74 Å². The lowest BCUT2D eigenvalue weighted by molar-refractivity contribution is 0.242. The molecule has 0 saturated heterocycles. The van der Waals surface area contributed by atoms with E-state index < -0.39 is 0 Å². The van der Waals surface area contributed by atoms with E-state index >= 15 is 0 Å². The number of nitrogens with zero attached hydrogens (tertiary/aromatic N) is 4. The fraction of sp³-hybridized carbons (Fsp3) is 0.250. The van der Waals surface area contributed by atoms with Crippen molar-refractivity contribution in [2.75, 3.05) is 6.26 Å². The summed E-state index contributed by atoms with van der Waals surface area (Å²) < 4.78 is 7.54. The molecule has 1 aromatic heterocycles. The Balaban J connectivity index is 1.84. The molecule has 134 valence electrons. The van der Waals surface area contributed by atoms with Gasteiger partial charge in [0.05, 0.1) is 12.3 Å². The van der Waals surface area contributed by atoms with Crippen LogP contribution in [0.2, 0.25) is 0 Å². The molecule has 0 saturated carbocycles. The van der Waals surface area contributed by atoms with Crippen molar-refractivity contribution >= 4 is 18.0 Å². The highest BCUT2D eigenvalue weighted by Gasteiger charge is 2.11. The summed E-state index contributed by atoms with van der Waals surface area (Å²) in [5.41, 5.74) is 2.14. The molecule has 0 fully saturated rings. The van der Waals surface area contributed by atoms with Gasteiger partial charge in [0.2, 0.25) is 5.16 Å². The Morgan fingerprint density at radius 1 is 1.12 bits per heavy atom. The summed E-state index contributed by atoms with van der Waals surface area (Å²) in [5, 5.41) is 13.9. The maximum absolute atomic E-state index is 5.74. The number of thioether (sulfide) groups is 1. The van der Waals surface area contributed by atoms with Crippen molar-refractivity contribution in [2.24, 2.45) is 5.10 Å². The van der Waals surface area contributed by atoms with Crippen molar-refractivity contribution in [3.63, 3.8) is 0 Å². The van der Waals surface area contributed by atoms with E-state index in [0.29, 0.717) is 6.42 Å². The highest BCUT2D eigenvalue weighted by molar-refractivity contribution is 7.98. The van der Waals surface area contributed by atoms with Crippen molar-refractivity contribution in [3.05, 3.63) is 71.5 Å². The van der Waals surface area contributed by atoms with Crippen molar-refractivity contribution in [3.8, 4) is 5.75 Å². The van der Waals surface area contributed by atoms with E-state index in [2.05, 4.69) is 27.4 Å². The molecule has 0 radical (unpaired) electrons. The van der Waals surface area contributed by atoms with Gasteiger partial charge in [-0.1, -0.05) is 54.2 Å². The molecule has 2 aromatic carbocycles. The Labute approximate surface area is 158 Å². The first-order chi connectivity index (χ1) is 12.7. The van der Waals surface area contributed by atoms with Crippen LogP contribution in [0.3, 0.4) is 0 Å². The zero-order valence-corrected chi connectivity index (χ0v) is 16.0. The van der Waals surface area contributed by atoms with Gasteiger partial charge in [0, 0.05) is 6.42 Å². The Morgan fingerprint density at radius 2 is 1.92 bits per heavy atom. The van der Waals surface area contributed by atoms with Crippen LogP contribution in [0.1, 0.15) is 30.8 Å². The number of aromatic nitrogens is 3. The van der Waals surface area contributed by atoms with Gasteiger partial charge in [-0.05, 0) is 43.4 Å². The molecule has 26 heavy (non-hydrogen) atoms. The van der Waals surface area contributed by atoms with Crippen LogP contribution in [0.5, 0.6) is 5.75 Å². The summed E-state index contributed by atoms with van der Waals surface area (Å²) in [5.74, 6) is 1.65. The summed E-state index contributed by atoms with van der Waals surface area (Å²) in [6.07, 6.45) is 4.60. The minimum absolute atomic E-state index is 0.139. The van der Waals surface area contributed by atoms with Crippen molar-refractivity contribution in [2.45, 2.75) is 31.5 Å². The first-order valence-electron chi connectivity index (χ1n) is 8.49. The predicted octanol–water partition coefficient (Wildman–Crippen LogP) is 4.26. The van der Waals surface area contributed by atoms with Gasteiger partial charge in [-0.2, -0.15) is 9.78 Å². The Morgan fingerprint density at radius 3 is 2.65 bits per heavy atom. The molecule has 0 atom stereocenters. The molecule has 0 N–H and O–H groups in total. The zero-order chi connectivity index (χ0) is 18.4. The van der Waals surface area contributed by atoms with Gasteiger partial charge >= 0.3 is 0 Å². The number of hydrogen-bond donors (Lipinski definition) is 0. The third-order valence-electron chi connectivity index (χ3n) is 3.62. The molecule has 0 aliphatic rings. The topological polar surface area (TPSA) is 52.3 Å². The van der Waals surface area contributed by atoms with Gasteiger partial charge in [-0.25, -0.2) is 0 Å². The first kappa shape index (κ1) is 18.2. The van der Waals surface area contributed by atoms with E-state index in [1.807, 2.05) is 68.8 Å². The second kappa shape index (κ2) is 8.67. The molecule has 1 heterocycles. The standard InChI is InChI=1S/C20H22N4OS/c1-15(2)25-18-11-7-10-17(12-18)14-21-24-19(22-23-20(24)26-3)13-16-8-5-4-6-9-16/h4-12,14-15H,13H2,1-3H3/b21-14-. The molecule has 3 rings (SSSR count). The Hall–Kier alpha value is -2.60. The first-order valence-corrected chi connectivity index (χ1v) is 9.71. The second-order valence-corrected chi connectivity index (χ2v) is 6.83. The van der Waals surface area contributed by atoms with E-state index in [0.717, 1.165) is 22.3 Å². The summed E-state index contributed by atoms with van der Waals surface area (Å²) in [7, 11) is 0. The smallest absolute Gasteiger partial charge is 0.211 e. The van der Waals surface area contributed by atoms with Crippen molar-refractivity contribution in [1.29, 1.82) is 0 Å². The Kier molecular flexibility index (Phi) is 6.07. The fourth-order valence-electron chi connectivity index (χ4n) is 2.49. The van der Waals surface area contributed by atoms with Gasteiger partial charge in [0.25, 0.3) is 0 Å². The highest BCUT2D eigenvalue weighted by Crippen LogP contribution is 2.17. The molecule has 0 unspecified atom stereocenters. The molecular weight excluding hydrogens is 344 g/mol. The van der Waals surface area contributed by atoms with E-state index in [1.165, 1.54) is 17.3 Å². The third kappa shape index (κ3) is 4.73. The number of ether oxygens (including phenoxy) is 1. The summed E-state index contributed by atoms with van der Waals surface area (Å²) in [6.45, 7) is 4.02. The molecule has 5 nitrogen and oxygen atoms in total. The van der Waals surface area contributed by atoms with E-state index in [4.69, 9.17) is 4.74 Å². The lowest BCUT2D eigenvalue weighted by Gasteiger charge is -2.09. The maximum atomic E-state index is 5.74. The summed E-state index contributed by atoms with van der Waals surface area (Å²) in [6, 6.07) is 18.1. The highest BCUT2D eigenvalue weighted by atomic mass is 32.2. The van der Waals surface area contributed by atoms with Gasteiger partial charge in [-0.15, -0.1) is 10.2 Å². The van der Waals surface area contributed by atoms with Crippen LogP contribution >= 0.6 is 11.8 Å². The minimum atomic E-state index is 0.139. The van der Waals surface area contributed by atoms with Crippen molar-refractivity contribution < 1.29 is 4.74 Å². The largest absolute Gasteiger partial charge is 0.491 e. The fourth-order valence-corrected chi connectivity index (χ4v) is 2.94. The normalized spacial score (nSPS) is 11.4. The summed E-state index contributed by atoms with van der Waals surface area (Å²) in [4.78, 5) is 0. The lowest BCUT2D eigenvalue weighted by atomic mass is 10.1. The van der Waals surface area contributed by atoms with E-state index in [-0.39, 0.29) is 6.10 Å². The second-order valence-electron chi connectivity index (χ2n) is 6.06. The maximum Gasteiger partial charge on any atom is 0.211 e. The monoisotopic (exact) mass is 366 g/mol. The van der Waals surface area contributed by atoms with Gasteiger partial charge in [0.15, 0.2) is 5.82 Å². The number of benzene rings is 2.